The summed E-state index contributed by atoms with van der Waals surface area (Å²) in [6.45, 7) is 3.40. The highest BCUT2D eigenvalue weighted by Crippen LogP contribution is 2.22. The van der Waals surface area contributed by atoms with Gasteiger partial charge in [-0.15, -0.1) is 0 Å². The third-order valence-electron chi connectivity index (χ3n) is 3.04. The molecule has 1 fully saturated rings. The molecule has 0 saturated heterocycles. The molecule has 5 heteroatoms. The number of aliphatic hydroxyl groups excluding tert-OH is 1. The molecule has 0 radical (unpaired) electrons. The highest BCUT2D eigenvalue weighted by molar-refractivity contribution is 4.86. The fourth-order valence-electron chi connectivity index (χ4n) is 1.84. The average Bonchev–Trinajstić information content (AvgIpc) is 2.25. The minimum absolute atomic E-state index is 0.0243. The lowest BCUT2D eigenvalue weighted by molar-refractivity contribution is -0.0352. The maximum Gasteiger partial charge on any atom is 0.0897 e. The minimum atomic E-state index is -0.462. The van der Waals surface area contributed by atoms with Gasteiger partial charge in [-0.25, -0.2) is 0 Å². The lowest BCUT2D eigenvalue weighted by atomic mass is 9.89. The van der Waals surface area contributed by atoms with E-state index < -0.39 is 6.10 Å². The van der Waals surface area contributed by atoms with Crippen LogP contribution in [0.2, 0.25) is 0 Å². The lowest BCUT2D eigenvalue weighted by Gasteiger charge is -2.35. The molecule has 0 aliphatic heterocycles. The molecule has 2 atom stereocenters. The van der Waals surface area contributed by atoms with E-state index in [1.54, 1.807) is 14.2 Å². The van der Waals surface area contributed by atoms with Gasteiger partial charge in [-0.05, 0) is 19.8 Å². The lowest BCUT2D eigenvalue weighted by Crippen LogP contribution is -2.48. The summed E-state index contributed by atoms with van der Waals surface area (Å²) in [5.74, 6) is 0. The van der Waals surface area contributed by atoms with Gasteiger partial charge in [0, 0.05) is 26.8 Å². The second kappa shape index (κ2) is 8.00. The zero-order valence-corrected chi connectivity index (χ0v) is 11.0. The SMILES string of the molecule is COCC(C)OCC(O)CNC1CC(OC)C1. The van der Waals surface area contributed by atoms with Crippen molar-refractivity contribution in [3.63, 3.8) is 0 Å². The summed E-state index contributed by atoms with van der Waals surface area (Å²) in [7, 11) is 3.38. The molecule has 5 nitrogen and oxygen atoms in total. The van der Waals surface area contributed by atoms with Crippen LogP contribution in [-0.2, 0) is 14.2 Å². The van der Waals surface area contributed by atoms with Crippen molar-refractivity contribution in [3.05, 3.63) is 0 Å². The molecule has 1 aliphatic rings. The van der Waals surface area contributed by atoms with E-state index in [2.05, 4.69) is 5.32 Å². The predicted octanol–water partition coefficient (Wildman–Crippen LogP) is 0.166. The van der Waals surface area contributed by atoms with E-state index in [-0.39, 0.29) is 6.10 Å². The number of hydrogen-bond donors (Lipinski definition) is 2. The van der Waals surface area contributed by atoms with Gasteiger partial charge in [0.15, 0.2) is 0 Å². The van der Waals surface area contributed by atoms with E-state index in [1.165, 1.54) is 0 Å². The first-order chi connectivity index (χ1) is 8.15. The zero-order chi connectivity index (χ0) is 12.7. The molecule has 0 aromatic carbocycles. The molecule has 1 rings (SSSR count). The maximum atomic E-state index is 9.70. The summed E-state index contributed by atoms with van der Waals surface area (Å²) in [5, 5.41) is 13.0. The Morgan fingerprint density at radius 1 is 1.29 bits per heavy atom. The fraction of sp³-hybridized carbons (Fsp3) is 1.00. The van der Waals surface area contributed by atoms with Gasteiger partial charge in [0.1, 0.15) is 0 Å². The van der Waals surface area contributed by atoms with Crippen LogP contribution in [-0.4, -0.2) is 63.4 Å². The van der Waals surface area contributed by atoms with E-state index in [9.17, 15) is 5.11 Å². The molecule has 2 unspecified atom stereocenters. The van der Waals surface area contributed by atoms with Crippen molar-refractivity contribution in [2.24, 2.45) is 0 Å². The normalized spacial score (nSPS) is 27.5. The van der Waals surface area contributed by atoms with Gasteiger partial charge in [-0.1, -0.05) is 0 Å². The summed E-state index contributed by atoms with van der Waals surface area (Å²) in [5.41, 5.74) is 0. The summed E-state index contributed by atoms with van der Waals surface area (Å²) >= 11 is 0. The van der Waals surface area contributed by atoms with E-state index in [4.69, 9.17) is 14.2 Å². The van der Waals surface area contributed by atoms with E-state index in [0.29, 0.717) is 31.9 Å². The summed E-state index contributed by atoms with van der Waals surface area (Å²) in [6, 6.07) is 0.478. The number of aliphatic hydroxyl groups is 1. The number of rotatable bonds is 9. The van der Waals surface area contributed by atoms with Gasteiger partial charge in [0.2, 0.25) is 0 Å². The van der Waals surface area contributed by atoms with Crippen molar-refractivity contribution in [2.45, 2.75) is 44.1 Å². The summed E-state index contributed by atoms with van der Waals surface area (Å²) < 4.78 is 15.6. The van der Waals surface area contributed by atoms with Crippen molar-refractivity contribution in [1.82, 2.24) is 5.32 Å². The van der Waals surface area contributed by atoms with Crippen molar-refractivity contribution in [1.29, 1.82) is 0 Å². The first-order valence-corrected chi connectivity index (χ1v) is 6.20. The number of hydrogen-bond acceptors (Lipinski definition) is 5. The van der Waals surface area contributed by atoms with Crippen LogP contribution in [0.15, 0.2) is 0 Å². The second-order valence-electron chi connectivity index (χ2n) is 4.69. The predicted molar refractivity (Wildman–Crippen MR) is 65.1 cm³/mol. The van der Waals surface area contributed by atoms with Gasteiger partial charge in [-0.3, -0.25) is 0 Å². The molecule has 2 N–H and O–H groups in total. The monoisotopic (exact) mass is 247 g/mol. The molecule has 0 spiro atoms. The molecule has 0 heterocycles. The van der Waals surface area contributed by atoms with Gasteiger partial charge in [-0.2, -0.15) is 0 Å². The highest BCUT2D eigenvalue weighted by Gasteiger charge is 2.28. The maximum absolute atomic E-state index is 9.70. The average molecular weight is 247 g/mol. The van der Waals surface area contributed by atoms with Crippen LogP contribution in [0.1, 0.15) is 19.8 Å². The Balaban J connectivity index is 1.96. The molecule has 1 saturated carbocycles. The van der Waals surface area contributed by atoms with E-state index >= 15 is 0 Å². The Labute approximate surface area is 103 Å². The van der Waals surface area contributed by atoms with Crippen LogP contribution in [0.25, 0.3) is 0 Å². The Kier molecular flexibility index (Phi) is 6.99. The third-order valence-corrected chi connectivity index (χ3v) is 3.04. The highest BCUT2D eigenvalue weighted by atomic mass is 16.5. The number of nitrogens with one attached hydrogen (secondary N) is 1. The van der Waals surface area contributed by atoms with Gasteiger partial charge in [0.05, 0.1) is 31.5 Å². The smallest absolute Gasteiger partial charge is 0.0897 e. The van der Waals surface area contributed by atoms with Crippen molar-refractivity contribution < 1.29 is 19.3 Å². The standard InChI is InChI=1S/C12H25NO4/c1-9(7-15-2)17-8-11(14)6-13-10-4-12(5-10)16-3/h9-14H,4-8H2,1-3H3. The Bertz CT molecular complexity index is 197. The molecule has 0 aromatic rings. The Morgan fingerprint density at radius 2 is 2.00 bits per heavy atom. The van der Waals surface area contributed by atoms with Gasteiger partial charge < -0.3 is 24.6 Å². The summed E-state index contributed by atoms with van der Waals surface area (Å²) in [6.07, 6.45) is 2.02. The topological polar surface area (TPSA) is 60.0 Å². The molecule has 0 aromatic heterocycles. The van der Waals surface area contributed by atoms with Crippen molar-refractivity contribution >= 4 is 0 Å². The largest absolute Gasteiger partial charge is 0.389 e. The van der Waals surface area contributed by atoms with Gasteiger partial charge >= 0.3 is 0 Å². The molecular weight excluding hydrogens is 222 g/mol. The first-order valence-electron chi connectivity index (χ1n) is 6.20. The van der Waals surface area contributed by atoms with E-state index in [1.807, 2.05) is 6.92 Å². The zero-order valence-electron chi connectivity index (χ0n) is 11.0. The molecule has 0 bridgehead atoms. The van der Waals surface area contributed by atoms with Crippen LogP contribution in [0.4, 0.5) is 0 Å². The van der Waals surface area contributed by atoms with Crippen LogP contribution in [0.3, 0.4) is 0 Å². The quantitative estimate of drug-likeness (QED) is 0.608. The molecule has 102 valence electrons. The molecule has 17 heavy (non-hydrogen) atoms. The molecule has 1 aliphatic carbocycles. The summed E-state index contributed by atoms with van der Waals surface area (Å²) in [4.78, 5) is 0. The Morgan fingerprint density at radius 3 is 2.59 bits per heavy atom. The Hall–Kier alpha value is -0.200. The number of ether oxygens (including phenoxy) is 3. The van der Waals surface area contributed by atoms with Crippen LogP contribution >= 0.6 is 0 Å². The molecular formula is C12H25NO4. The molecule has 0 amide bonds. The fourth-order valence-corrected chi connectivity index (χ4v) is 1.84. The van der Waals surface area contributed by atoms with Crippen molar-refractivity contribution in [3.8, 4) is 0 Å². The van der Waals surface area contributed by atoms with E-state index in [0.717, 1.165) is 12.8 Å². The first kappa shape index (κ1) is 14.9. The number of methoxy groups -OCH3 is 2. The van der Waals surface area contributed by atoms with Crippen LogP contribution in [0, 0.1) is 0 Å². The van der Waals surface area contributed by atoms with Crippen LogP contribution in [0.5, 0.6) is 0 Å². The van der Waals surface area contributed by atoms with Crippen molar-refractivity contribution in [2.75, 3.05) is 34.0 Å². The van der Waals surface area contributed by atoms with Gasteiger partial charge in [0.25, 0.3) is 0 Å². The second-order valence-corrected chi connectivity index (χ2v) is 4.69. The third kappa shape index (κ3) is 5.79. The van der Waals surface area contributed by atoms with Crippen LogP contribution < -0.4 is 5.32 Å². The minimum Gasteiger partial charge on any atom is -0.389 e.